The molecule has 2 saturated carbocycles. The molecule has 0 aliphatic heterocycles. The van der Waals surface area contributed by atoms with E-state index in [1.165, 1.54) is 57.8 Å². The summed E-state index contributed by atoms with van der Waals surface area (Å²) < 4.78 is 0. The van der Waals surface area contributed by atoms with Gasteiger partial charge in [-0.25, -0.2) is 0 Å². The molecule has 2 fully saturated rings. The second kappa shape index (κ2) is 6.91. The summed E-state index contributed by atoms with van der Waals surface area (Å²) in [6.45, 7) is 3.20. The molecule has 2 heteroatoms. The summed E-state index contributed by atoms with van der Waals surface area (Å²) in [6.07, 6.45) is 13.8. The van der Waals surface area contributed by atoms with Crippen molar-refractivity contribution >= 4 is 0 Å². The van der Waals surface area contributed by atoms with Gasteiger partial charge in [0.1, 0.15) is 0 Å². The van der Waals surface area contributed by atoms with E-state index in [2.05, 4.69) is 12.2 Å². The zero-order valence-corrected chi connectivity index (χ0v) is 12.1. The molecule has 0 saturated heterocycles. The SMILES string of the molecule is CC1CCCCCC1NCC1(O)CCCCCC1. The highest BCUT2D eigenvalue weighted by Gasteiger charge is 2.29. The van der Waals surface area contributed by atoms with Gasteiger partial charge in [0.15, 0.2) is 0 Å². The molecule has 2 atom stereocenters. The molecule has 0 aromatic carbocycles. The minimum atomic E-state index is -0.414. The molecular weight excluding hydrogens is 222 g/mol. The summed E-state index contributed by atoms with van der Waals surface area (Å²) in [5.41, 5.74) is -0.414. The van der Waals surface area contributed by atoms with E-state index in [0.717, 1.165) is 25.3 Å². The lowest BCUT2D eigenvalue weighted by molar-refractivity contribution is 0.0208. The summed E-state index contributed by atoms with van der Waals surface area (Å²) in [6, 6.07) is 0.639. The Kier molecular flexibility index (Phi) is 5.50. The van der Waals surface area contributed by atoms with Crippen LogP contribution >= 0.6 is 0 Å². The fourth-order valence-electron chi connectivity index (χ4n) is 3.68. The van der Waals surface area contributed by atoms with Gasteiger partial charge in [-0.15, -0.1) is 0 Å². The van der Waals surface area contributed by atoms with Crippen LogP contribution in [0.25, 0.3) is 0 Å². The lowest BCUT2D eigenvalue weighted by atomic mass is 9.92. The van der Waals surface area contributed by atoms with Crippen molar-refractivity contribution in [1.82, 2.24) is 5.32 Å². The smallest absolute Gasteiger partial charge is 0.0771 e. The predicted molar refractivity (Wildman–Crippen MR) is 76.7 cm³/mol. The highest BCUT2D eigenvalue weighted by Crippen LogP contribution is 2.28. The molecule has 0 aromatic heterocycles. The van der Waals surface area contributed by atoms with Gasteiger partial charge in [-0.1, -0.05) is 51.9 Å². The molecule has 0 radical (unpaired) electrons. The minimum absolute atomic E-state index is 0.414. The van der Waals surface area contributed by atoms with E-state index in [-0.39, 0.29) is 0 Å². The average molecular weight is 253 g/mol. The quantitative estimate of drug-likeness (QED) is 0.753. The van der Waals surface area contributed by atoms with E-state index < -0.39 is 5.60 Å². The summed E-state index contributed by atoms with van der Waals surface area (Å²) in [4.78, 5) is 0. The number of hydrogen-bond acceptors (Lipinski definition) is 2. The highest BCUT2D eigenvalue weighted by atomic mass is 16.3. The standard InChI is InChI=1S/C16H31NO/c1-14-9-5-4-6-10-15(14)17-13-16(18)11-7-2-3-8-12-16/h14-15,17-18H,2-13H2,1H3. The first-order valence-electron chi connectivity index (χ1n) is 8.15. The van der Waals surface area contributed by atoms with Crippen LogP contribution in [0.4, 0.5) is 0 Å². The van der Waals surface area contributed by atoms with Crippen LogP contribution in [0.2, 0.25) is 0 Å². The van der Waals surface area contributed by atoms with Crippen molar-refractivity contribution in [2.75, 3.05) is 6.54 Å². The van der Waals surface area contributed by atoms with Crippen LogP contribution in [0.3, 0.4) is 0 Å². The molecular formula is C16H31NO. The van der Waals surface area contributed by atoms with Crippen molar-refractivity contribution in [2.45, 2.75) is 89.2 Å². The molecule has 18 heavy (non-hydrogen) atoms. The van der Waals surface area contributed by atoms with Crippen molar-refractivity contribution in [3.05, 3.63) is 0 Å². The molecule has 2 nitrogen and oxygen atoms in total. The third-order valence-corrected chi connectivity index (χ3v) is 5.09. The van der Waals surface area contributed by atoms with Crippen LogP contribution in [0.1, 0.15) is 77.6 Å². The van der Waals surface area contributed by atoms with Crippen molar-refractivity contribution in [2.24, 2.45) is 5.92 Å². The Morgan fingerprint density at radius 1 is 0.944 bits per heavy atom. The summed E-state index contributed by atoms with van der Waals surface area (Å²) >= 11 is 0. The topological polar surface area (TPSA) is 32.3 Å². The number of nitrogens with one attached hydrogen (secondary N) is 1. The van der Waals surface area contributed by atoms with Crippen molar-refractivity contribution < 1.29 is 5.11 Å². The van der Waals surface area contributed by atoms with Gasteiger partial charge >= 0.3 is 0 Å². The Morgan fingerprint density at radius 2 is 1.56 bits per heavy atom. The van der Waals surface area contributed by atoms with Gasteiger partial charge in [0, 0.05) is 12.6 Å². The lowest BCUT2D eigenvalue weighted by Gasteiger charge is -2.31. The second-order valence-electron chi connectivity index (χ2n) is 6.74. The molecule has 2 aliphatic carbocycles. The molecule has 0 heterocycles. The van der Waals surface area contributed by atoms with E-state index >= 15 is 0 Å². The Labute approximate surface area is 113 Å². The van der Waals surface area contributed by atoms with Gasteiger partial charge in [-0.2, -0.15) is 0 Å². The fourth-order valence-corrected chi connectivity index (χ4v) is 3.68. The molecule has 2 aliphatic rings. The largest absolute Gasteiger partial charge is 0.389 e. The summed E-state index contributed by atoms with van der Waals surface area (Å²) in [7, 11) is 0. The monoisotopic (exact) mass is 253 g/mol. The maximum Gasteiger partial charge on any atom is 0.0771 e. The molecule has 0 amide bonds. The first kappa shape index (κ1) is 14.3. The van der Waals surface area contributed by atoms with Gasteiger partial charge < -0.3 is 10.4 Å². The van der Waals surface area contributed by atoms with E-state index in [9.17, 15) is 5.11 Å². The van der Waals surface area contributed by atoms with E-state index in [0.29, 0.717) is 6.04 Å². The molecule has 0 bridgehead atoms. The normalized spacial score (nSPS) is 33.7. The van der Waals surface area contributed by atoms with Crippen LogP contribution in [0, 0.1) is 5.92 Å². The van der Waals surface area contributed by atoms with Crippen LogP contribution in [-0.2, 0) is 0 Å². The third kappa shape index (κ3) is 4.24. The van der Waals surface area contributed by atoms with Gasteiger partial charge in [0.2, 0.25) is 0 Å². The van der Waals surface area contributed by atoms with Gasteiger partial charge in [-0.3, -0.25) is 0 Å². The molecule has 0 aromatic rings. The molecule has 2 N–H and O–H groups in total. The first-order valence-corrected chi connectivity index (χ1v) is 8.15. The number of rotatable bonds is 3. The molecule has 2 rings (SSSR count). The Hall–Kier alpha value is -0.0800. The molecule has 0 spiro atoms. The van der Waals surface area contributed by atoms with E-state index in [4.69, 9.17) is 0 Å². The second-order valence-corrected chi connectivity index (χ2v) is 6.74. The molecule has 2 unspecified atom stereocenters. The fraction of sp³-hybridized carbons (Fsp3) is 1.00. The van der Waals surface area contributed by atoms with Gasteiger partial charge in [0.25, 0.3) is 0 Å². The van der Waals surface area contributed by atoms with E-state index in [1.54, 1.807) is 0 Å². The first-order chi connectivity index (χ1) is 8.70. The Bertz CT molecular complexity index is 233. The van der Waals surface area contributed by atoms with Crippen LogP contribution in [-0.4, -0.2) is 23.3 Å². The third-order valence-electron chi connectivity index (χ3n) is 5.09. The lowest BCUT2D eigenvalue weighted by Crippen LogP contribution is -2.46. The highest BCUT2D eigenvalue weighted by molar-refractivity contribution is 4.86. The minimum Gasteiger partial charge on any atom is -0.389 e. The average Bonchev–Trinajstić information content (AvgIpc) is 2.68. The maximum absolute atomic E-state index is 10.7. The van der Waals surface area contributed by atoms with Crippen molar-refractivity contribution in [3.8, 4) is 0 Å². The zero-order valence-electron chi connectivity index (χ0n) is 12.1. The van der Waals surface area contributed by atoms with Gasteiger partial charge in [0.05, 0.1) is 5.60 Å². The predicted octanol–water partition coefficient (Wildman–Crippen LogP) is 3.63. The summed E-state index contributed by atoms with van der Waals surface area (Å²) in [5.74, 6) is 0.780. The van der Waals surface area contributed by atoms with Gasteiger partial charge in [-0.05, 0) is 31.6 Å². The molecule has 106 valence electrons. The Morgan fingerprint density at radius 3 is 2.28 bits per heavy atom. The van der Waals surface area contributed by atoms with Crippen LogP contribution in [0.5, 0.6) is 0 Å². The Balaban J connectivity index is 1.81. The summed E-state index contributed by atoms with van der Waals surface area (Å²) in [5, 5.41) is 14.4. The van der Waals surface area contributed by atoms with Crippen molar-refractivity contribution in [1.29, 1.82) is 0 Å². The maximum atomic E-state index is 10.7. The number of aliphatic hydroxyl groups is 1. The van der Waals surface area contributed by atoms with Crippen LogP contribution in [0.15, 0.2) is 0 Å². The van der Waals surface area contributed by atoms with E-state index in [1.807, 2.05) is 0 Å². The zero-order chi connectivity index (χ0) is 12.8. The number of hydrogen-bond donors (Lipinski definition) is 2. The van der Waals surface area contributed by atoms with Crippen LogP contribution < -0.4 is 5.32 Å². The van der Waals surface area contributed by atoms with Crippen molar-refractivity contribution in [3.63, 3.8) is 0 Å².